The number of nitrogens with two attached hydrogens (primary N) is 1. The number of fused-ring (bicyclic) bond motifs is 3. The molecule has 0 radical (unpaired) electrons. The van der Waals surface area contributed by atoms with Gasteiger partial charge in [0.05, 0.1) is 48.9 Å². The number of phenols is 1. The molecular formula is C48H56N8O7. The van der Waals surface area contributed by atoms with Gasteiger partial charge in [0.2, 0.25) is 17.7 Å². The lowest BCUT2D eigenvalue weighted by molar-refractivity contribution is -0.135. The second-order valence-electron chi connectivity index (χ2n) is 18.0. The van der Waals surface area contributed by atoms with Gasteiger partial charge in [-0.25, -0.2) is 0 Å². The number of rotatable bonds is 9. The fourth-order valence-corrected chi connectivity index (χ4v) is 10.9. The summed E-state index contributed by atoms with van der Waals surface area (Å²) in [5.74, 6) is 2.70. The average molecular weight is 857 g/mol. The molecule has 5 fully saturated rings. The number of aromatic nitrogens is 2. The summed E-state index contributed by atoms with van der Waals surface area (Å²) >= 11 is 0. The van der Waals surface area contributed by atoms with Crippen molar-refractivity contribution in [1.82, 2.24) is 20.4 Å². The number of anilines is 4. The molecule has 0 spiro atoms. The molecule has 4 N–H and O–H groups in total. The number of imide groups is 1. The van der Waals surface area contributed by atoms with Crippen molar-refractivity contribution in [3.63, 3.8) is 0 Å². The molecular weight excluding hydrogens is 801 g/mol. The number of hydrogen-bond acceptors (Lipinski definition) is 13. The molecule has 1 aromatic heterocycles. The molecule has 2 bridgehead atoms. The predicted octanol–water partition coefficient (Wildman–Crippen LogP) is 5.26. The number of morpholine rings is 1. The van der Waals surface area contributed by atoms with E-state index in [1.54, 1.807) is 12.1 Å². The highest BCUT2D eigenvalue weighted by molar-refractivity contribution is 6.02. The van der Waals surface area contributed by atoms with Crippen molar-refractivity contribution in [2.75, 3.05) is 73.0 Å². The van der Waals surface area contributed by atoms with Crippen LogP contribution in [0.3, 0.4) is 0 Å². The summed E-state index contributed by atoms with van der Waals surface area (Å²) in [5.41, 5.74) is 11.6. The third-order valence-electron chi connectivity index (χ3n) is 14.1. The number of nitrogen functional groups attached to an aromatic ring is 1. The molecule has 4 aromatic rings. The summed E-state index contributed by atoms with van der Waals surface area (Å²) < 4.78 is 18.9. The number of likely N-dealkylation sites (tertiary alicyclic amines) is 1. The van der Waals surface area contributed by atoms with Gasteiger partial charge in [-0.3, -0.25) is 19.7 Å². The predicted molar refractivity (Wildman–Crippen MR) is 238 cm³/mol. The van der Waals surface area contributed by atoms with Crippen LogP contribution in [-0.4, -0.2) is 115 Å². The van der Waals surface area contributed by atoms with Crippen LogP contribution in [0.15, 0.2) is 72.8 Å². The number of phenolic OH excluding ortho intramolecular Hbond substituents is 1. The summed E-state index contributed by atoms with van der Waals surface area (Å²) in [6, 6.07) is 23.4. The number of ether oxygens (including phenoxy) is 3. The van der Waals surface area contributed by atoms with Gasteiger partial charge >= 0.3 is 0 Å². The molecule has 330 valence electrons. The van der Waals surface area contributed by atoms with Crippen LogP contribution in [0.4, 0.5) is 22.9 Å². The number of piperidine rings is 2. The van der Waals surface area contributed by atoms with Crippen molar-refractivity contribution in [3.05, 3.63) is 78.4 Å². The van der Waals surface area contributed by atoms with Crippen LogP contribution in [-0.2, 0) is 19.1 Å². The van der Waals surface area contributed by atoms with E-state index in [1.807, 2.05) is 35.2 Å². The quantitative estimate of drug-likeness (QED) is 0.186. The van der Waals surface area contributed by atoms with Gasteiger partial charge < -0.3 is 44.7 Å². The van der Waals surface area contributed by atoms with Crippen molar-refractivity contribution < 1.29 is 33.7 Å². The van der Waals surface area contributed by atoms with Gasteiger partial charge in [0, 0.05) is 69.2 Å². The number of piperazine rings is 1. The Balaban J connectivity index is 0.710. The zero-order valence-corrected chi connectivity index (χ0v) is 35.6. The third-order valence-corrected chi connectivity index (χ3v) is 14.1. The maximum atomic E-state index is 13.6. The number of carbonyl (C=O) groups is 3. The number of nitrogens with zero attached hydrogens (tertiary/aromatic N) is 6. The number of nitrogens with one attached hydrogen (secondary N) is 1. The second kappa shape index (κ2) is 17.6. The zero-order valence-electron chi connectivity index (χ0n) is 35.6. The van der Waals surface area contributed by atoms with Crippen molar-refractivity contribution in [3.8, 4) is 28.5 Å². The summed E-state index contributed by atoms with van der Waals surface area (Å²) in [7, 11) is 0. The van der Waals surface area contributed by atoms with Crippen LogP contribution in [0.1, 0.15) is 69.3 Å². The smallest absolute Gasteiger partial charge is 0.249 e. The van der Waals surface area contributed by atoms with Gasteiger partial charge in [-0.1, -0.05) is 30.3 Å². The summed E-state index contributed by atoms with van der Waals surface area (Å²) in [6.07, 6.45) is 7.02. The number of benzene rings is 3. The number of para-hydroxylation sites is 2. The third kappa shape index (κ3) is 8.42. The molecule has 3 amide bonds. The molecule has 3 aromatic carbocycles. The topological polar surface area (TPSA) is 176 Å². The molecule has 6 aliphatic rings. The minimum atomic E-state index is -0.369. The van der Waals surface area contributed by atoms with E-state index in [0.717, 1.165) is 67.1 Å². The van der Waals surface area contributed by atoms with Gasteiger partial charge in [0.25, 0.3) is 0 Å². The van der Waals surface area contributed by atoms with Crippen LogP contribution in [0.2, 0.25) is 0 Å². The highest BCUT2D eigenvalue weighted by atomic mass is 16.5. The first-order valence-corrected chi connectivity index (χ1v) is 22.7. The van der Waals surface area contributed by atoms with E-state index in [0.29, 0.717) is 101 Å². The van der Waals surface area contributed by atoms with E-state index in [1.165, 1.54) is 5.56 Å². The number of aromatic hydroxyl groups is 1. The van der Waals surface area contributed by atoms with E-state index < -0.39 is 0 Å². The van der Waals surface area contributed by atoms with Gasteiger partial charge in [-0.2, -0.15) is 0 Å². The largest absolute Gasteiger partial charge is 0.507 e. The maximum absolute atomic E-state index is 13.6. The highest BCUT2D eigenvalue weighted by Gasteiger charge is 2.40. The molecule has 1 aliphatic carbocycles. The standard InChI is InChI=1S/C48H56N8O7/c49-47-42(25-39(51-52-47)38-7-1-2-10-43(38)57)54-26-33-28-61-29-34(27-54)56(33)32-5-3-6-36(24-32)63-35-17-19-53(20-18-35)45(59)23-30-11-13-31(14-12-30)37-8-4-9-40-46(37)62-22-21-55(40)41-15-16-44(58)50-48(41)60/h1-10,24-25,30-31,33-35,41,57H,11-23,26-29H2,(H2,49,52)(H,50,58,60)/t30?,31?,33-,34+,41?. The average Bonchev–Trinajstić information content (AvgIpc) is 3.29. The molecule has 1 unspecified atom stereocenters. The van der Waals surface area contributed by atoms with Crippen LogP contribution >= 0.6 is 0 Å². The van der Waals surface area contributed by atoms with Crippen molar-refractivity contribution in [1.29, 1.82) is 0 Å². The van der Waals surface area contributed by atoms with Crippen molar-refractivity contribution in [2.24, 2.45) is 5.92 Å². The monoisotopic (exact) mass is 856 g/mol. The van der Waals surface area contributed by atoms with E-state index in [2.05, 4.69) is 60.5 Å². The summed E-state index contributed by atoms with van der Waals surface area (Å²) in [4.78, 5) is 47.0. The lowest BCUT2D eigenvalue weighted by Crippen LogP contribution is -2.65. The molecule has 15 nitrogen and oxygen atoms in total. The summed E-state index contributed by atoms with van der Waals surface area (Å²) in [5, 5.41) is 21.5. The van der Waals surface area contributed by atoms with Crippen molar-refractivity contribution >= 4 is 40.6 Å². The molecule has 15 heteroatoms. The first-order valence-electron chi connectivity index (χ1n) is 22.7. The maximum Gasteiger partial charge on any atom is 0.249 e. The van der Waals surface area contributed by atoms with Gasteiger partial charge in [0.1, 0.15) is 36.0 Å². The normalized spacial score (nSPS) is 25.2. The Kier molecular flexibility index (Phi) is 11.4. The number of carbonyl (C=O) groups excluding carboxylic acids is 3. The van der Waals surface area contributed by atoms with E-state index in [9.17, 15) is 19.5 Å². The Morgan fingerprint density at radius 2 is 1.63 bits per heavy atom. The molecule has 4 saturated heterocycles. The van der Waals surface area contributed by atoms with E-state index >= 15 is 0 Å². The molecule has 10 rings (SSSR count). The highest BCUT2D eigenvalue weighted by Crippen LogP contribution is 2.46. The fraction of sp³-hybridized carbons (Fsp3) is 0.479. The Morgan fingerprint density at radius 1 is 0.857 bits per heavy atom. The fourth-order valence-electron chi connectivity index (χ4n) is 10.9. The lowest BCUT2D eigenvalue weighted by Gasteiger charge is -2.51. The minimum Gasteiger partial charge on any atom is -0.507 e. The Hall–Kier alpha value is -6.09. The Morgan fingerprint density at radius 3 is 2.41 bits per heavy atom. The zero-order chi connectivity index (χ0) is 43.0. The van der Waals surface area contributed by atoms with Crippen LogP contribution < -0.4 is 35.2 Å². The summed E-state index contributed by atoms with van der Waals surface area (Å²) in [6.45, 7) is 5.02. The minimum absolute atomic E-state index is 0.0322. The Labute approximate surface area is 367 Å². The van der Waals surface area contributed by atoms with Gasteiger partial charge in [-0.15, -0.1) is 10.2 Å². The first-order chi connectivity index (χ1) is 30.8. The first kappa shape index (κ1) is 41.0. The SMILES string of the molecule is Nc1nnc(-c2ccccc2O)cc1N1C[C@H]2COC[C@@H](C1)N2c1cccc(OC2CCN(C(=O)CC3CCC(c4cccc5c4OCCN5C4CCC(=O)NC4=O)CC3)CC2)c1. The van der Waals surface area contributed by atoms with Crippen LogP contribution in [0.5, 0.6) is 17.2 Å². The molecule has 63 heavy (non-hydrogen) atoms. The van der Waals surface area contributed by atoms with Crippen LogP contribution in [0.25, 0.3) is 11.3 Å². The van der Waals surface area contributed by atoms with Crippen molar-refractivity contribution in [2.45, 2.75) is 87.9 Å². The second-order valence-corrected chi connectivity index (χ2v) is 18.0. The van der Waals surface area contributed by atoms with E-state index in [-0.39, 0.29) is 47.7 Å². The molecule has 6 heterocycles. The Bertz CT molecular complexity index is 2330. The molecule has 5 aliphatic heterocycles. The van der Waals surface area contributed by atoms with E-state index in [4.69, 9.17) is 19.9 Å². The van der Waals surface area contributed by atoms with Gasteiger partial charge in [-0.05, 0) is 85.9 Å². The van der Waals surface area contributed by atoms with Gasteiger partial charge in [0.15, 0.2) is 5.82 Å². The van der Waals surface area contributed by atoms with Crippen LogP contribution in [0, 0.1) is 5.92 Å². The number of amides is 3. The number of hydrogen-bond donors (Lipinski definition) is 3. The molecule has 3 atom stereocenters. The molecule has 1 saturated carbocycles. The lowest BCUT2D eigenvalue weighted by atomic mass is 9.77.